The molecule has 3 aromatic carbocycles. The highest BCUT2D eigenvalue weighted by molar-refractivity contribution is 5.94. The fourth-order valence-electron chi connectivity index (χ4n) is 3.23. The van der Waals surface area contributed by atoms with Gasteiger partial charge < -0.3 is 9.32 Å². The van der Waals surface area contributed by atoms with Crippen molar-refractivity contribution in [2.24, 2.45) is 0 Å². The van der Waals surface area contributed by atoms with Crippen molar-refractivity contribution >= 4 is 17.0 Å². The summed E-state index contributed by atoms with van der Waals surface area (Å²) in [5.41, 5.74) is 4.61. The highest BCUT2D eigenvalue weighted by Gasteiger charge is 2.22. The Balaban J connectivity index is 1.67. The number of oxazole rings is 1. The first-order chi connectivity index (χ1) is 14.0. The second-order valence-electron chi connectivity index (χ2n) is 7.21. The van der Waals surface area contributed by atoms with Gasteiger partial charge in [-0.1, -0.05) is 48.0 Å². The van der Waals surface area contributed by atoms with E-state index in [1.165, 1.54) is 12.1 Å². The molecular weight excluding hydrogens is 367 g/mol. The number of aryl methyl sites for hydroxylation is 2. The largest absolute Gasteiger partial charge is 0.439 e. The summed E-state index contributed by atoms with van der Waals surface area (Å²) in [6, 6.07) is 19.7. The zero-order valence-corrected chi connectivity index (χ0v) is 16.4. The van der Waals surface area contributed by atoms with Gasteiger partial charge in [-0.05, 0) is 49.2 Å². The normalized spacial score (nSPS) is 11.0. The van der Waals surface area contributed by atoms with Crippen LogP contribution in [-0.2, 0) is 13.1 Å². The van der Waals surface area contributed by atoms with Crippen molar-refractivity contribution in [1.82, 2.24) is 9.88 Å². The quantitative estimate of drug-likeness (QED) is 0.458. The smallest absolute Gasteiger partial charge is 0.257 e. The summed E-state index contributed by atoms with van der Waals surface area (Å²) in [6.45, 7) is 4.46. The Morgan fingerprint density at radius 1 is 0.966 bits per heavy atom. The molecule has 0 saturated heterocycles. The van der Waals surface area contributed by atoms with Crippen molar-refractivity contribution in [3.63, 3.8) is 0 Å². The van der Waals surface area contributed by atoms with Gasteiger partial charge in [0.05, 0.1) is 12.1 Å². The highest BCUT2D eigenvalue weighted by atomic mass is 19.1. The van der Waals surface area contributed by atoms with Crippen LogP contribution in [0.5, 0.6) is 0 Å². The molecule has 0 atom stereocenters. The van der Waals surface area contributed by atoms with E-state index in [1.807, 2.05) is 56.3 Å². The van der Waals surface area contributed by atoms with Crippen LogP contribution < -0.4 is 0 Å². The number of fused-ring (bicyclic) bond motifs is 1. The number of amides is 1. The van der Waals surface area contributed by atoms with E-state index in [4.69, 9.17) is 4.42 Å². The molecule has 1 amide bonds. The molecule has 0 saturated carbocycles. The van der Waals surface area contributed by atoms with Crippen LogP contribution in [0.4, 0.5) is 4.39 Å². The van der Waals surface area contributed by atoms with E-state index in [0.717, 1.165) is 22.2 Å². The van der Waals surface area contributed by atoms with Crippen molar-refractivity contribution in [3.05, 3.63) is 101 Å². The molecule has 146 valence electrons. The van der Waals surface area contributed by atoms with E-state index in [1.54, 1.807) is 17.0 Å². The van der Waals surface area contributed by atoms with Gasteiger partial charge in [-0.3, -0.25) is 4.79 Å². The lowest BCUT2D eigenvalue weighted by atomic mass is 10.1. The Labute approximate surface area is 168 Å². The fraction of sp³-hybridized carbons (Fsp3) is 0.167. The van der Waals surface area contributed by atoms with Crippen molar-refractivity contribution in [3.8, 4) is 0 Å². The van der Waals surface area contributed by atoms with Gasteiger partial charge in [0.15, 0.2) is 5.58 Å². The number of carbonyl (C=O) groups is 1. The summed E-state index contributed by atoms with van der Waals surface area (Å²) in [5, 5.41) is 0. The number of nitrogens with zero attached hydrogens (tertiary/aromatic N) is 2. The monoisotopic (exact) mass is 388 g/mol. The maximum absolute atomic E-state index is 14.3. The second kappa shape index (κ2) is 7.87. The predicted octanol–water partition coefficient (Wildman–Crippen LogP) is 5.43. The maximum atomic E-state index is 14.3. The minimum atomic E-state index is -0.542. The molecule has 0 unspecified atom stereocenters. The van der Waals surface area contributed by atoms with Crippen LogP contribution in [0.2, 0.25) is 0 Å². The van der Waals surface area contributed by atoms with E-state index in [0.29, 0.717) is 18.0 Å². The number of rotatable bonds is 5. The molecule has 4 aromatic rings. The topological polar surface area (TPSA) is 46.3 Å². The highest BCUT2D eigenvalue weighted by Crippen LogP contribution is 2.21. The van der Waals surface area contributed by atoms with Gasteiger partial charge in [0.25, 0.3) is 5.91 Å². The van der Waals surface area contributed by atoms with E-state index in [-0.39, 0.29) is 12.1 Å². The van der Waals surface area contributed by atoms with E-state index in [2.05, 4.69) is 4.98 Å². The lowest BCUT2D eigenvalue weighted by Crippen LogP contribution is -2.31. The lowest BCUT2D eigenvalue weighted by Gasteiger charge is -2.22. The molecule has 0 aliphatic heterocycles. The first kappa shape index (κ1) is 18.9. The maximum Gasteiger partial charge on any atom is 0.257 e. The first-order valence-corrected chi connectivity index (χ1v) is 9.45. The minimum Gasteiger partial charge on any atom is -0.439 e. The van der Waals surface area contributed by atoms with Crippen molar-refractivity contribution < 1.29 is 13.6 Å². The number of halogens is 1. The third-order valence-corrected chi connectivity index (χ3v) is 4.80. The molecule has 4 rings (SSSR count). The summed E-state index contributed by atoms with van der Waals surface area (Å²) in [6.07, 6.45) is 0. The van der Waals surface area contributed by atoms with Gasteiger partial charge in [-0.25, -0.2) is 9.37 Å². The molecular formula is C24H21FN2O2. The average Bonchev–Trinajstić information content (AvgIpc) is 3.10. The Bertz CT molecular complexity index is 1170. The molecule has 0 aliphatic carbocycles. The molecule has 0 aliphatic rings. The van der Waals surface area contributed by atoms with Crippen LogP contribution in [0.25, 0.3) is 11.1 Å². The lowest BCUT2D eigenvalue weighted by molar-refractivity contribution is 0.0710. The standard InChI is InChI=1S/C24H21FN2O2/c1-16-7-10-18(11-8-16)14-27(24(28)19-5-3-4-6-20(19)25)15-23-26-21-13-17(2)9-12-22(21)29-23/h3-13H,14-15H2,1-2H3. The Hall–Kier alpha value is -3.47. The van der Waals surface area contributed by atoms with Gasteiger partial charge in [-0.15, -0.1) is 0 Å². The summed E-state index contributed by atoms with van der Waals surface area (Å²) < 4.78 is 20.1. The number of hydrogen-bond acceptors (Lipinski definition) is 3. The van der Waals surface area contributed by atoms with Gasteiger partial charge >= 0.3 is 0 Å². The average molecular weight is 388 g/mol. The molecule has 1 heterocycles. The third-order valence-electron chi connectivity index (χ3n) is 4.80. The molecule has 0 N–H and O–H groups in total. The van der Waals surface area contributed by atoms with Gasteiger partial charge in [-0.2, -0.15) is 0 Å². The van der Waals surface area contributed by atoms with Crippen LogP contribution in [0.1, 0.15) is 32.9 Å². The summed E-state index contributed by atoms with van der Waals surface area (Å²) in [7, 11) is 0. The van der Waals surface area contributed by atoms with E-state index in [9.17, 15) is 9.18 Å². The van der Waals surface area contributed by atoms with Crippen LogP contribution in [0, 0.1) is 19.7 Å². The molecule has 1 aromatic heterocycles. The van der Waals surface area contributed by atoms with Crippen molar-refractivity contribution in [2.75, 3.05) is 0 Å². The van der Waals surface area contributed by atoms with Gasteiger partial charge in [0.1, 0.15) is 11.3 Å². The SMILES string of the molecule is Cc1ccc(CN(Cc2nc3cc(C)ccc3o2)C(=O)c2ccccc2F)cc1. The van der Waals surface area contributed by atoms with Crippen molar-refractivity contribution in [1.29, 1.82) is 0 Å². The van der Waals surface area contributed by atoms with Crippen LogP contribution in [0.15, 0.2) is 71.1 Å². The summed E-state index contributed by atoms with van der Waals surface area (Å²) in [5.74, 6) is -0.524. The third kappa shape index (κ3) is 4.19. The Morgan fingerprint density at radius 3 is 2.45 bits per heavy atom. The number of carbonyl (C=O) groups excluding carboxylic acids is 1. The van der Waals surface area contributed by atoms with Crippen LogP contribution in [0.3, 0.4) is 0 Å². The Kier molecular flexibility index (Phi) is 5.12. The Morgan fingerprint density at radius 2 is 1.69 bits per heavy atom. The zero-order chi connectivity index (χ0) is 20.4. The first-order valence-electron chi connectivity index (χ1n) is 9.45. The summed E-state index contributed by atoms with van der Waals surface area (Å²) in [4.78, 5) is 19.2. The number of aromatic nitrogens is 1. The molecule has 0 fully saturated rings. The van der Waals surface area contributed by atoms with Crippen LogP contribution in [-0.4, -0.2) is 15.8 Å². The molecule has 0 bridgehead atoms. The van der Waals surface area contributed by atoms with Gasteiger partial charge in [0.2, 0.25) is 5.89 Å². The zero-order valence-electron chi connectivity index (χ0n) is 16.4. The molecule has 5 heteroatoms. The fourth-order valence-corrected chi connectivity index (χ4v) is 3.23. The van der Waals surface area contributed by atoms with Crippen LogP contribution >= 0.6 is 0 Å². The predicted molar refractivity (Wildman–Crippen MR) is 110 cm³/mol. The molecule has 0 radical (unpaired) electrons. The summed E-state index contributed by atoms with van der Waals surface area (Å²) >= 11 is 0. The number of benzene rings is 3. The van der Waals surface area contributed by atoms with Crippen molar-refractivity contribution in [2.45, 2.75) is 26.9 Å². The second-order valence-corrected chi connectivity index (χ2v) is 7.21. The molecule has 29 heavy (non-hydrogen) atoms. The van der Waals surface area contributed by atoms with E-state index >= 15 is 0 Å². The minimum absolute atomic E-state index is 0.0339. The van der Waals surface area contributed by atoms with E-state index < -0.39 is 11.7 Å². The molecule has 4 nitrogen and oxygen atoms in total. The van der Waals surface area contributed by atoms with Gasteiger partial charge in [0, 0.05) is 6.54 Å². The number of hydrogen-bond donors (Lipinski definition) is 0. The molecule has 0 spiro atoms.